The molecule has 0 aliphatic rings. The second-order valence-corrected chi connectivity index (χ2v) is 8.30. The summed E-state index contributed by atoms with van der Waals surface area (Å²) in [7, 11) is 0. The van der Waals surface area contributed by atoms with Crippen molar-refractivity contribution in [2.45, 2.75) is 26.8 Å². The minimum absolute atomic E-state index is 0.0473. The van der Waals surface area contributed by atoms with Gasteiger partial charge in [-0.05, 0) is 50.6 Å². The molecule has 0 fully saturated rings. The second kappa shape index (κ2) is 8.51. The van der Waals surface area contributed by atoms with Crippen molar-refractivity contribution >= 4 is 51.6 Å². The lowest BCUT2D eigenvalue weighted by molar-refractivity contribution is 0.103. The number of ketones is 1. The molecule has 9 nitrogen and oxygen atoms in total. The first-order valence-corrected chi connectivity index (χ1v) is 10.5. The Balaban J connectivity index is 1.83. The number of carbonyl (C=O) groups is 2. The molecule has 0 aliphatic carbocycles. The summed E-state index contributed by atoms with van der Waals surface area (Å²) in [4.78, 5) is 39.7. The third-order valence-corrected chi connectivity index (χ3v) is 5.54. The molecule has 0 aliphatic heterocycles. The van der Waals surface area contributed by atoms with Gasteiger partial charge < -0.3 is 16.0 Å². The molecule has 4 rings (SSSR count). The van der Waals surface area contributed by atoms with Crippen molar-refractivity contribution in [2.75, 3.05) is 10.6 Å². The maximum atomic E-state index is 13.5. The monoisotopic (exact) mass is 463 g/mol. The Morgan fingerprint density at radius 3 is 2.58 bits per heavy atom. The number of nitrogens with two attached hydrogens (primary N) is 2. The van der Waals surface area contributed by atoms with Crippen molar-refractivity contribution in [1.29, 1.82) is 0 Å². The number of amides is 2. The fourth-order valence-corrected chi connectivity index (χ4v) is 3.99. The van der Waals surface area contributed by atoms with Crippen LogP contribution in [0.3, 0.4) is 0 Å². The van der Waals surface area contributed by atoms with Crippen molar-refractivity contribution < 1.29 is 9.59 Å². The number of urea groups is 1. The summed E-state index contributed by atoms with van der Waals surface area (Å²) in [5, 5.41) is 1.01. The molecule has 0 spiro atoms. The van der Waals surface area contributed by atoms with Crippen molar-refractivity contribution in [3.8, 4) is 0 Å². The zero-order chi connectivity index (χ0) is 23.9. The molecule has 3 heterocycles. The zero-order valence-corrected chi connectivity index (χ0v) is 19.0. The van der Waals surface area contributed by atoms with Gasteiger partial charge in [-0.2, -0.15) is 0 Å². The van der Waals surface area contributed by atoms with Gasteiger partial charge in [-0.1, -0.05) is 11.6 Å². The smallest absolute Gasteiger partial charge is 0.323 e. The van der Waals surface area contributed by atoms with Crippen molar-refractivity contribution in [1.82, 2.24) is 19.5 Å². The standard InChI is InChI=1S/C23H22ClN7O2/c1-12(2)30-10-17(19-21(25)28-11-29-22(19)30)20(32)14-7-16(9-27-8-14)31(23(26)33)18-5-4-15(24)6-13(18)3/h4-12H,1-3H3,(H2,26,33)(H2,25,28,29). The quantitative estimate of drug-likeness (QED) is 0.421. The molecule has 168 valence electrons. The number of anilines is 3. The summed E-state index contributed by atoms with van der Waals surface area (Å²) >= 11 is 6.05. The molecule has 0 saturated heterocycles. The van der Waals surface area contributed by atoms with E-state index in [1.54, 1.807) is 30.5 Å². The Morgan fingerprint density at radius 1 is 1.15 bits per heavy atom. The van der Waals surface area contributed by atoms with E-state index in [4.69, 9.17) is 23.1 Å². The van der Waals surface area contributed by atoms with E-state index in [-0.39, 0.29) is 23.2 Å². The summed E-state index contributed by atoms with van der Waals surface area (Å²) in [6, 6.07) is 5.95. The van der Waals surface area contributed by atoms with Crippen molar-refractivity contribution in [2.24, 2.45) is 5.73 Å². The molecule has 33 heavy (non-hydrogen) atoms. The largest absolute Gasteiger partial charge is 0.383 e. The number of benzene rings is 1. The molecule has 10 heteroatoms. The maximum absolute atomic E-state index is 13.5. The molecule has 0 saturated carbocycles. The van der Waals surface area contributed by atoms with Gasteiger partial charge in [0.1, 0.15) is 17.8 Å². The van der Waals surface area contributed by atoms with Crippen LogP contribution in [0, 0.1) is 6.92 Å². The third-order valence-electron chi connectivity index (χ3n) is 5.30. The van der Waals surface area contributed by atoms with E-state index < -0.39 is 6.03 Å². The van der Waals surface area contributed by atoms with E-state index >= 15 is 0 Å². The Kier molecular flexibility index (Phi) is 5.73. The van der Waals surface area contributed by atoms with Crippen LogP contribution in [0.2, 0.25) is 5.02 Å². The molecule has 2 amide bonds. The maximum Gasteiger partial charge on any atom is 0.323 e. The van der Waals surface area contributed by atoms with E-state index in [0.717, 1.165) is 5.56 Å². The van der Waals surface area contributed by atoms with Gasteiger partial charge in [-0.15, -0.1) is 0 Å². The van der Waals surface area contributed by atoms with Crippen molar-refractivity contribution in [3.63, 3.8) is 0 Å². The number of carbonyl (C=O) groups excluding carboxylic acids is 2. The molecule has 4 N–H and O–H groups in total. The number of aryl methyl sites for hydroxylation is 1. The van der Waals surface area contributed by atoms with Gasteiger partial charge in [0, 0.05) is 29.0 Å². The van der Waals surface area contributed by atoms with Crippen LogP contribution in [-0.2, 0) is 0 Å². The number of nitrogen functional groups attached to an aromatic ring is 1. The number of fused-ring (bicyclic) bond motifs is 1. The van der Waals surface area contributed by atoms with Gasteiger partial charge in [0.15, 0.2) is 5.78 Å². The highest BCUT2D eigenvalue weighted by molar-refractivity contribution is 6.30. The lowest BCUT2D eigenvalue weighted by Gasteiger charge is -2.22. The van der Waals surface area contributed by atoms with Gasteiger partial charge in [0.25, 0.3) is 0 Å². The summed E-state index contributed by atoms with van der Waals surface area (Å²) < 4.78 is 1.87. The van der Waals surface area contributed by atoms with Crippen LogP contribution >= 0.6 is 11.6 Å². The number of hydrogen-bond acceptors (Lipinski definition) is 6. The Morgan fingerprint density at radius 2 is 1.91 bits per heavy atom. The van der Waals surface area contributed by atoms with Crippen LogP contribution in [0.15, 0.2) is 49.2 Å². The molecule has 0 radical (unpaired) electrons. The van der Waals surface area contributed by atoms with Crippen LogP contribution in [0.4, 0.5) is 22.0 Å². The lowest BCUT2D eigenvalue weighted by atomic mass is 10.0. The molecule has 0 atom stereocenters. The molecule has 0 unspecified atom stereocenters. The Hall–Kier alpha value is -3.98. The first-order valence-electron chi connectivity index (χ1n) is 10.2. The fourth-order valence-electron chi connectivity index (χ4n) is 3.76. The molecule has 1 aromatic carbocycles. The van der Waals surface area contributed by atoms with Crippen LogP contribution < -0.4 is 16.4 Å². The van der Waals surface area contributed by atoms with E-state index in [0.29, 0.717) is 33.0 Å². The van der Waals surface area contributed by atoms with Gasteiger partial charge in [0.05, 0.1) is 28.5 Å². The molecule has 0 bridgehead atoms. The van der Waals surface area contributed by atoms with Crippen LogP contribution in [0.25, 0.3) is 11.0 Å². The van der Waals surface area contributed by atoms with Crippen LogP contribution in [-0.4, -0.2) is 31.3 Å². The van der Waals surface area contributed by atoms with E-state index in [9.17, 15) is 9.59 Å². The molecule has 4 aromatic rings. The molecule has 3 aromatic heterocycles. The average molecular weight is 464 g/mol. The highest BCUT2D eigenvalue weighted by atomic mass is 35.5. The van der Waals surface area contributed by atoms with E-state index in [2.05, 4.69) is 15.0 Å². The number of nitrogens with zero attached hydrogens (tertiary/aromatic N) is 5. The summed E-state index contributed by atoms with van der Waals surface area (Å²) in [5.74, 6) is -0.116. The number of halogens is 1. The first kappa shape index (κ1) is 22.2. The van der Waals surface area contributed by atoms with Gasteiger partial charge >= 0.3 is 6.03 Å². The zero-order valence-electron chi connectivity index (χ0n) is 18.3. The second-order valence-electron chi connectivity index (χ2n) is 7.87. The highest BCUT2D eigenvalue weighted by Crippen LogP contribution is 2.32. The van der Waals surface area contributed by atoms with Crippen LogP contribution in [0.5, 0.6) is 0 Å². The summed E-state index contributed by atoms with van der Waals surface area (Å²) in [6.07, 6.45) is 5.97. The number of aromatic nitrogens is 4. The predicted molar refractivity (Wildman–Crippen MR) is 128 cm³/mol. The minimum atomic E-state index is -0.721. The van der Waals surface area contributed by atoms with Gasteiger partial charge in [-0.3, -0.25) is 14.7 Å². The third kappa shape index (κ3) is 3.98. The summed E-state index contributed by atoms with van der Waals surface area (Å²) in [6.45, 7) is 5.77. The first-order chi connectivity index (χ1) is 15.7. The highest BCUT2D eigenvalue weighted by Gasteiger charge is 2.24. The normalized spacial score (nSPS) is 11.2. The average Bonchev–Trinajstić information content (AvgIpc) is 3.16. The van der Waals surface area contributed by atoms with Gasteiger partial charge in [0.2, 0.25) is 0 Å². The molecular weight excluding hydrogens is 442 g/mol. The minimum Gasteiger partial charge on any atom is -0.383 e. The predicted octanol–water partition coefficient (Wildman–Crippen LogP) is 4.40. The van der Waals surface area contributed by atoms with Crippen molar-refractivity contribution in [3.05, 3.63) is 70.9 Å². The topological polar surface area (TPSA) is 133 Å². The Labute approximate surface area is 195 Å². The number of pyridine rings is 1. The molecular formula is C23H22ClN7O2. The SMILES string of the molecule is Cc1cc(Cl)ccc1N(C(N)=O)c1cncc(C(=O)c2cn(C(C)C)c3ncnc(N)c23)c1. The van der Waals surface area contributed by atoms with E-state index in [1.165, 1.54) is 23.6 Å². The van der Waals surface area contributed by atoms with Crippen LogP contribution in [0.1, 0.15) is 41.4 Å². The van der Waals surface area contributed by atoms with Gasteiger partial charge in [-0.25, -0.2) is 14.8 Å². The fraction of sp³-hybridized carbons (Fsp3) is 0.174. The number of primary amides is 1. The number of rotatable bonds is 5. The Bertz CT molecular complexity index is 1400. The van der Waals surface area contributed by atoms with E-state index in [1.807, 2.05) is 25.3 Å². The number of hydrogen-bond donors (Lipinski definition) is 2. The summed E-state index contributed by atoms with van der Waals surface area (Å²) in [5.41, 5.74) is 14.6. The lowest BCUT2D eigenvalue weighted by Crippen LogP contribution is -2.32.